The van der Waals surface area contributed by atoms with Crippen LogP contribution in [0.5, 0.6) is 11.5 Å². The summed E-state index contributed by atoms with van der Waals surface area (Å²) in [5.74, 6) is 1.19. The van der Waals surface area contributed by atoms with E-state index in [0.29, 0.717) is 48.7 Å². The number of carbonyl (C=O) groups is 2. The number of ether oxygens (including phenoxy) is 2. The van der Waals surface area contributed by atoms with E-state index in [9.17, 15) is 9.59 Å². The van der Waals surface area contributed by atoms with Crippen LogP contribution >= 0.6 is 15.9 Å². The lowest BCUT2D eigenvalue weighted by Gasteiger charge is -2.35. The second-order valence-corrected chi connectivity index (χ2v) is 10.8. The van der Waals surface area contributed by atoms with Crippen LogP contribution < -0.4 is 9.47 Å². The molecule has 8 heteroatoms. The highest BCUT2D eigenvalue weighted by Gasteiger charge is 2.47. The maximum absolute atomic E-state index is 13.5. The Morgan fingerprint density at radius 1 is 1.00 bits per heavy atom. The van der Waals surface area contributed by atoms with Crippen LogP contribution in [-0.2, 0) is 4.79 Å². The molecule has 0 atom stereocenters. The van der Waals surface area contributed by atoms with Crippen LogP contribution in [-0.4, -0.2) is 60.8 Å². The number of piperidine rings is 1. The van der Waals surface area contributed by atoms with Crippen LogP contribution in [0.4, 0.5) is 0 Å². The highest BCUT2D eigenvalue weighted by molar-refractivity contribution is 9.10. The van der Waals surface area contributed by atoms with Gasteiger partial charge in [0.25, 0.3) is 11.8 Å². The summed E-state index contributed by atoms with van der Waals surface area (Å²) in [5, 5.41) is 8.56. The van der Waals surface area contributed by atoms with Crippen molar-refractivity contribution in [2.24, 2.45) is 10.5 Å². The average molecular weight is 564 g/mol. The Hall–Kier alpha value is -3.39. The SMILES string of the molecule is COc1ccc(C2=NN(C3CCN(C(=O)c4ccc5ccccc5c4Br)CC3)C(=O)C2(C)C)cc1OC. The highest BCUT2D eigenvalue weighted by Crippen LogP contribution is 2.38. The second-order valence-electron chi connectivity index (χ2n) is 9.96. The maximum Gasteiger partial charge on any atom is 0.255 e. The monoisotopic (exact) mass is 563 g/mol. The lowest BCUT2D eigenvalue weighted by molar-refractivity contribution is -0.137. The van der Waals surface area contributed by atoms with E-state index in [1.165, 1.54) is 0 Å². The third-order valence-corrected chi connectivity index (χ3v) is 8.25. The van der Waals surface area contributed by atoms with E-state index >= 15 is 0 Å². The minimum atomic E-state index is -0.775. The predicted octanol–water partition coefficient (Wildman–Crippen LogP) is 5.50. The van der Waals surface area contributed by atoms with E-state index in [-0.39, 0.29) is 17.9 Å². The summed E-state index contributed by atoms with van der Waals surface area (Å²) < 4.78 is 11.6. The largest absolute Gasteiger partial charge is 0.493 e. The molecule has 2 aliphatic rings. The summed E-state index contributed by atoms with van der Waals surface area (Å²) in [6, 6.07) is 17.4. The van der Waals surface area contributed by atoms with Crippen molar-refractivity contribution in [2.45, 2.75) is 32.7 Å². The first kappa shape index (κ1) is 25.3. The molecular formula is C29H30BrN3O4. The number of likely N-dealkylation sites (tertiary alicyclic amines) is 1. The molecule has 1 saturated heterocycles. The molecule has 2 aliphatic heterocycles. The normalized spacial score (nSPS) is 17.8. The summed E-state index contributed by atoms with van der Waals surface area (Å²) in [4.78, 5) is 28.7. The first-order valence-electron chi connectivity index (χ1n) is 12.4. The minimum absolute atomic E-state index is 0.00123. The summed E-state index contributed by atoms with van der Waals surface area (Å²) in [6.45, 7) is 4.93. The van der Waals surface area contributed by atoms with E-state index in [0.717, 1.165) is 20.8 Å². The van der Waals surface area contributed by atoms with Crippen LogP contribution in [0, 0.1) is 5.41 Å². The molecule has 0 aliphatic carbocycles. The van der Waals surface area contributed by atoms with Crippen LogP contribution in [0.3, 0.4) is 0 Å². The summed E-state index contributed by atoms with van der Waals surface area (Å²) >= 11 is 3.65. The van der Waals surface area contributed by atoms with Gasteiger partial charge < -0.3 is 14.4 Å². The van der Waals surface area contributed by atoms with Gasteiger partial charge in [0.05, 0.1) is 37.0 Å². The molecule has 0 unspecified atom stereocenters. The molecule has 0 aromatic heterocycles. The molecule has 1 fully saturated rings. The average Bonchev–Trinajstić information content (AvgIpc) is 3.16. The number of hydrogen-bond donors (Lipinski definition) is 0. The first-order chi connectivity index (χ1) is 17.8. The molecular weight excluding hydrogens is 534 g/mol. The van der Waals surface area contributed by atoms with E-state index in [1.807, 2.05) is 73.3 Å². The van der Waals surface area contributed by atoms with Gasteiger partial charge in [0, 0.05) is 23.1 Å². The summed E-state index contributed by atoms with van der Waals surface area (Å²) in [7, 11) is 3.18. The van der Waals surface area contributed by atoms with Gasteiger partial charge >= 0.3 is 0 Å². The van der Waals surface area contributed by atoms with Crippen molar-refractivity contribution in [3.63, 3.8) is 0 Å². The summed E-state index contributed by atoms with van der Waals surface area (Å²) in [5.41, 5.74) is 1.41. The Balaban J connectivity index is 1.33. The zero-order valence-corrected chi connectivity index (χ0v) is 23.0. The van der Waals surface area contributed by atoms with Crippen LogP contribution in [0.2, 0.25) is 0 Å². The van der Waals surface area contributed by atoms with Crippen molar-refractivity contribution < 1.29 is 19.1 Å². The fraction of sp³-hybridized carbons (Fsp3) is 0.345. The number of hydrogen-bond acceptors (Lipinski definition) is 5. The maximum atomic E-state index is 13.5. The fourth-order valence-corrected chi connectivity index (χ4v) is 5.86. The number of methoxy groups -OCH3 is 2. The van der Waals surface area contributed by atoms with Crippen LogP contribution in [0.1, 0.15) is 42.6 Å². The van der Waals surface area contributed by atoms with Crippen LogP contribution in [0.25, 0.3) is 10.8 Å². The molecule has 0 saturated carbocycles. The fourth-order valence-electron chi connectivity index (χ4n) is 5.20. The topological polar surface area (TPSA) is 71.4 Å². The number of nitrogens with zero attached hydrogens (tertiary/aromatic N) is 3. The van der Waals surface area contributed by atoms with Gasteiger partial charge in [-0.3, -0.25) is 9.59 Å². The molecule has 0 bridgehead atoms. The molecule has 3 aromatic carbocycles. The van der Waals surface area contributed by atoms with Crippen LogP contribution in [0.15, 0.2) is 64.2 Å². The van der Waals surface area contributed by atoms with E-state index in [1.54, 1.807) is 19.2 Å². The molecule has 0 spiro atoms. The van der Waals surface area contributed by atoms with E-state index in [2.05, 4.69) is 15.9 Å². The molecule has 2 amide bonds. The summed E-state index contributed by atoms with van der Waals surface area (Å²) in [6.07, 6.45) is 1.34. The van der Waals surface area contributed by atoms with Crippen molar-refractivity contribution in [1.29, 1.82) is 0 Å². The third-order valence-electron chi connectivity index (χ3n) is 7.39. The van der Waals surface area contributed by atoms with Gasteiger partial charge in [0.2, 0.25) is 0 Å². The molecule has 0 N–H and O–H groups in total. The van der Waals surface area contributed by atoms with E-state index < -0.39 is 5.41 Å². The van der Waals surface area contributed by atoms with Gasteiger partial charge in [-0.05, 0) is 77.7 Å². The predicted molar refractivity (Wildman–Crippen MR) is 147 cm³/mol. The Labute approximate surface area is 225 Å². The zero-order chi connectivity index (χ0) is 26.3. The molecule has 192 valence electrons. The zero-order valence-electron chi connectivity index (χ0n) is 21.5. The van der Waals surface area contributed by atoms with Crippen molar-refractivity contribution in [3.8, 4) is 11.5 Å². The Morgan fingerprint density at radius 3 is 2.41 bits per heavy atom. The quantitative estimate of drug-likeness (QED) is 0.411. The molecule has 37 heavy (non-hydrogen) atoms. The Kier molecular flexibility index (Phi) is 6.70. The second kappa shape index (κ2) is 9.82. The van der Waals surface area contributed by atoms with Gasteiger partial charge in [-0.15, -0.1) is 0 Å². The standard InChI is InChI=1S/C29H30BrN3O4/c1-29(2)26(19-10-12-23(36-3)24(17-19)37-4)31-33(28(29)35)20-13-15-32(16-14-20)27(34)22-11-9-18-7-5-6-8-21(18)25(22)30/h5-12,17,20H,13-16H2,1-4H3. The number of amides is 2. The lowest BCUT2D eigenvalue weighted by atomic mass is 9.83. The number of carbonyl (C=O) groups excluding carboxylic acids is 2. The minimum Gasteiger partial charge on any atom is -0.493 e. The number of rotatable bonds is 5. The van der Waals surface area contributed by atoms with Crippen molar-refractivity contribution in [3.05, 3.63) is 70.2 Å². The number of halogens is 1. The molecule has 7 nitrogen and oxygen atoms in total. The van der Waals surface area contributed by atoms with Gasteiger partial charge in [-0.25, -0.2) is 5.01 Å². The third kappa shape index (κ3) is 4.37. The Morgan fingerprint density at radius 2 is 1.70 bits per heavy atom. The van der Waals surface area contributed by atoms with Gasteiger partial charge in [0.1, 0.15) is 0 Å². The number of hydrazone groups is 1. The van der Waals surface area contributed by atoms with Crippen molar-refractivity contribution in [1.82, 2.24) is 9.91 Å². The molecule has 5 rings (SSSR count). The molecule has 0 radical (unpaired) electrons. The lowest BCUT2D eigenvalue weighted by Crippen LogP contribution is -2.47. The highest BCUT2D eigenvalue weighted by atomic mass is 79.9. The Bertz CT molecular complexity index is 1410. The molecule has 2 heterocycles. The number of benzene rings is 3. The van der Waals surface area contributed by atoms with Gasteiger partial charge in [0.15, 0.2) is 11.5 Å². The van der Waals surface area contributed by atoms with Gasteiger partial charge in [-0.2, -0.15) is 5.10 Å². The van der Waals surface area contributed by atoms with Crippen molar-refractivity contribution in [2.75, 3.05) is 27.3 Å². The van der Waals surface area contributed by atoms with E-state index in [4.69, 9.17) is 14.6 Å². The van der Waals surface area contributed by atoms with Crippen molar-refractivity contribution >= 4 is 44.2 Å². The van der Waals surface area contributed by atoms with Gasteiger partial charge in [-0.1, -0.05) is 30.3 Å². The first-order valence-corrected chi connectivity index (χ1v) is 13.2. The number of fused-ring (bicyclic) bond motifs is 1. The molecule has 3 aromatic rings. The smallest absolute Gasteiger partial charge is 0.255 e.